The number of benzene rings is 1. The van der Waals surface area contributed by atoms with Crippen LogP contribution in [0.15, 0.2) is 40.5 Å². The highest BCUT2D eigenvalue weighted by Crippen LogP contribution is 2.33. The van der Waals surface area contributed by atoms with Crippen molar-refractivity contribution in [2.24, 2.45) is 5.10 Å². The van der Waals surface area contributed by atoms with Gasteiger partial charge in [0.2, 0.25) is 0 Å². The first-order chi connectivity index (χ1) is 14.1. The number of hydrazone groups is 1. The minimum atomic E-state index is -0.721. The third kappa shape index (κ3) is 3.80. The molecule has 0 saturated carbocycles. The Hall–Kier alpha value is -3.00. The minimum absolute atomic E-state index is 0.158. The lowest BCUT2D eigenvalue weighted by Crippen LogP contribution is -2.34. The number of methoxy groups -OCH3 is 1. The van der Waals surface area contributed by atoms with Crippen LogP contribution in [0.25, 0.3) is 10.2 Å². The third-order valence-electron chi connectivity index (χ3n) is 5.18. The van der Waals surface area contributed by atoms with Crippen molar-refractivity contribution in [2.45, 2.75) is 38.6 Å². The van der Waals surface area contributed by atoms with E-state index in [1.807, 2.05) is 18.2 Å². The lowest BCUT2D eigenvalue weighted by molar-refractivity contribution is -0.123. The van der Waals surface area contributed by atoms with Gasteiger partial charge in [-0.25, -0.2) is 10.4 Å². The summed E-state index contributed by atoms with van der Waals surface area (Å²) in [6.07, 6.45) is 7.14. The van der Waals surface area contributed by atoms with E-state index in [4.69, 9.17) is 4.74 Å². The number of rotatable bonds is 5. The molecule has 1 aromatic carbocycles. The van der Waals surface area contributed by atoms with E-state index in [2.05, 4.69) is 15.5 Å². The van der Waals surface area contributed by atoms with Gasteiger partial charge in [-0.2, -0.15) is 5.10 Å². The zero-order valence-electron chi connectivity index (χ0n) is 16.3. The minimum Gasteiger partial charge on any atom is -0.497 e. The summed E-state index contributed by atoms with van der Waals surface area (Å²) in [7, 11) is 1.59. The fourth-order valence-corrected chi connectivity index (χ4v) is 4.77. The van der Waals surface area contributed by atoms with Gasteiger partial charge in [-0.15, -0.1) is 11.3 Å². The van der Waals surface area contributed by atoms with Gasteiger partial charge in [-0.05, 0) is 55.9 Å². The fourth-order valence-electron chi connectivity index (χ4n) is 3.55. The molecule has 2 heterocycles. The van der Waals surface area contributed by atoms with Crippen LogP contribution in [-0.2, 0) is 17.6 Å². The normalized spacial score (nSPS) is 14.7. The van der Waals surface area contributed by atoms with Crippen molar-refractivity contribution in [1.29, 1.82) is 0 Å². The van der Waals surface area contributed by atoms with Crippen LogP contribution in [0.4, 0.5) is 0 Å². The molecule has 2 aromatic heterocycles. The highest BCUT2D eigenvalue weighted by atomic mass is 32.1. The molecule has 0 bridgehead atoms. The summed E-state index contributed by atoms with van der Waals surface area (Å²) in [6, 6.07) is 6.61. The van der Waals surface area contributed by atoms with E-state index in [0.29, 0.717) is 11.1 Å². The summed E-state index contributed by atoms with van der Waals surface area (Å²) < 4.78 is 6.56. The molecule has 0 saturated heterocycles. The predicted octanol–water partition coefficient (Wildman–Crippen LogP) is 3.06. The standard InChI is InChI=1S/C21H22N4O3S/c1-13(19(26)24-23-11-14-6-5-7-15(10-14)28-2)25-12-22-20-18(21(25)27)16-8-3-4-9-17(16)29-20/h5-7,10-13H,3-4,8-9H2,1-2H3,(H,24,26)/b23-11-. The molecular weight excluding hydrogens is 388 g/mol. The van der Waals surface area contributed by atoms with E-state index < -0.39 is 6.04 Å². The molecule has 1 amide bonds. The zero-order chi connectivity index (χ0) is 20.4. The molecule has 1 aliphatic rings. The van der Waals surface area contributed by atoms with Gasteiger partial charge >= 0.3 is 0 Å². The second-order valence-electron chi connectivity index (χ2n) is 7.03. The molecule has 0 fully saturated rings. The Bertz CT molecular complexity index is 1150. The monoisotopic (exact) mass is 410 g/mol. The molecule has 8 heteroatoms. The zero-order valence-corrected chi connectivity index (χ0v) is 17.2. The lowest BCUT2D eigenvalue weighted by atomic mass is 9.97. The second kappa shape index (κ2) is 8.16. The van der Waals surface area contributed by atoms with Crippen molar-refractivity contribution in [3.8, 4) is 5.75 Å². The molecule has 1 N–H and O–H groups in total. The molecule has 7 nitrogen and oxygen atoms in total. The van der Waals surface area contributed by atoms with Gasteiger partial charge in [-0.3, -0.25) is 14.2 Å². The van der Waals surface area contributed by atoms with Crippen LogP contribution in [0.1, 0.15) is 41.8 Å². The summed E-state index contributed by atoms with van der Waals surface area (Å²) >= 11 is 1.60. The molecule has 3 aromatic rings. The number of aromatic nitrogens is 2. The molecule has 29 heavy (non-hydrogen) atoms. The van der Waals surface area contributed by atoms with E-state index >= 15 is 0 Å². The molecule has 0 aliphatic heterocycles. The van der Waals surface area contributed by atoms with E-state index in [1.54, 1.807) is 31.4 Å². The highest BCUT2D eigenvalue weighted by molar-refractivity contribution is 7.18. The SMILES string of the molecule is COc1cccc(/C=N\NC(=O)C(C)n2cnc3sc4c(c3c2=O)CCCC4)c1. The Balaban J connectivity index is 1.54. The van der Waals surface area contributed by atoms with Gasteiger partial charge in [0, 0.05) is 4.88 Å². The van der Waals surface area contributed by atoms with E-state index in [-0.39, 0.29) is 11.5 Å². The average molecular weight is 410 g/mol. The number of nitrogens with one attached hydrogen (secondary N) is 1. The summed E-state index contributed by atoms with van der Waals surface area (Å²) in [5.74, 6) is 0.329. The van der Waals surface area contributed by atoms with Crippen molar-refractivity contribution in [3.63, 3.8) is 0 Å². The Labute approximate surface area is 172 Å². The summed E-state index contributed by atoms with van der Waals surface area (Å²) in [6.45, 7) is 1.67. The van der Waals surface area contributed by atoms with Gasteiger partial charge in [0.05, 0.1) is 25.0 Å². The van der Waals surface area contributed by atoms with Crippen molar-refractivity contribution in [1.82, 2.24) is 15.0 Å². The van der Waals surface area contributed by atoms with Crippen LogP contribution in [-0.4, -0.2) is 28.8 Å². The van der Waals surface area contributed by atoms with Crippen molar-refractivity contribution in [3.05, 3.63) is 57.0 Å². The number of hydrogen-bond donors (Lipinski definition) is 1. The van der Waals surface area contributed by atoms with E-state index in [9.17, 15) is 9.59 Å². The quantitative estimate of drug-likeness (QED) is 0.517. The van der Waals surface area contributed by atoms with Crippen LogP contribution in [0.3, 0.4) is 0 Å². The van der Waals surface area contributed by atoms with E-state index in [1.165, 1.54) is 22.0 Å². The Morgan fingerprint density at radius 2 is 2.21 bits per heavy atom. The average Bonchev–Trinajstić information content (AvgIpc) is 3.13. The summed E-state index contributed by atoms with van der Waals surface area (Å²) in [5, 5.41) is 4.67. The maximum atomic E-state index is 13.1. The fraction of sp³-hybridized carbons (Fsp3) is 0.333. The number of ether oxygens (including phenoxy) is 1. The van der Waals surface area contributed by atoms with Gasteiger partial charge in [0.25, 0.3) is 11.5 Å². The third-order valence-corrected chi connectivity index (χ3v) is 6.38. The maximum absolute atomic E-state index is 13.1. The van der Waals surface area contributed by atoms with Gasteiger partial charge in [0.15, 0.2) is 0 Å². The van der Waals surface area contributed by atoms with Crippen molar-refractivity contribution < 1.29 is 9.53 Å². The predicted molar refractivity (Wildman–Crippen MR) is 114 cm³/mol. The molecule has 1 atom stereocenters. The number of hydrogen-bond acceptors (Lipinski definition) is 6. The lowest BCUT2D eigenvalue weighted by Gasteiger charge is -2.14. The van der Waals surface area contributed by atoms with Crippen molar-refractivity contribution in [2.75, 3.05) is 7.11 Å². The Morgan fingerprint density at radius 1 is 1.38 bits per heavy atom. The van der Waals surface area contributed by atoms with Gasteiger partial charge < -0.3 is 4.74 Å². The first-order valence-corrected chi connectivity index (χ1v) is 10.4. The number of carbonyl (C=O) groups excluding carboxylic acids is 1. The first-order valence-electron chi connectivity index (χ1n) is 9.57. The number of aryl methyl sites for hydroxylation is 2. The summed E-state index contributed by atoms with van der Waals surface area (Å²) in [4.78, 5) is 32.1. The molecule has 150 valence electrons. The molecule has 0 radical (unpaired) electrons. The van der Waals surface area contributed by atoms with Gasteiger partial charge in [-0.1, -0.05) is 12.1 Å². The molecule has 1 unspecified atom stereocenters. The molecule has 1 aliphatic carbocycles. The maximum Gasteiger partial charge on any atom is 0.263 e. The van der Waals surface area contributed by atoms with Crippen LogP contribution in [0.5, 0.6) is 5.75 Å². The number of thiophene rings is 1. The highest BCUT2D eigenvalue weighted by Gasteiger charge is 2.23. The second-order valence-corrected chi connectivity index (χ2v) is 8.12. The van der Waals surface area contributed by atoms with Gasteiger partial charge in [0.1, 0.15) is 16.6 Å². The van der Waals surface area contributed by atoms with E-state index in [0.717, 1.165) is 41.6 Å². The van der Waals surface area contributed by atoms with Crippen LogP contribution in [0, 0.1) is 0 Å². The van der Waals surface area contributed by atoms with Crippen LogP contribution in [0.2, 0.25) is 0 Å². The largest absolute Gasteiger partial charge is 0.497 e. The first kappa shape index (κ1) is 19.3. The number of carbonyl (C=O) groups is 1. The number of nitrogens with zero attached hydrogens (tertiary/aromatic N) is 3. The Morgan fingerprint density at radius 3 is 3.03 bits per heavy atom. The number of amides is 1. The molecule has 0 spiro atoms. The Kier molecular flexibility index (Phi) is 5.44. The van der Waals surface area contributed by atoms with Crippen molar-refractivity contribution >= 4 is 33.7 Å². The molecular formula is C21H22N4O3S. The van der Waals surface area contributed by atoms with Crippen LogP contribution < -0.4 is 15.7 Å². The smallest absolute Gasteiger partial charge is 0.263 e. The summed E-state index contributed by atoms with van der Waals surface area (Å²) in [5.41, 5.74) is 4.26. The molecule has 4 rings (SSSR count). The number of fused-ring (bicyclic) bond motifs is 3. The van der Waals surface area contributed by atoms with Crippen LogP contribution >= 0.6 is 11.3 Å². The topological polar surface area (TPSA) is 85.6 Å².